The summed E-state index contributed by atoms with van der Waals surface area (Å²) in [5.74, 6) is 0.121. The maximum atomic E-state index is 12.9. The van der Waals surface area contributed by atoms with Crippen LogP contribution in [0.2, 0.25) is 0 Å². The van der Waals surface area contributed by atoms with Gasteiger partial charge in [-0.25, -0.2) is 0 Å². The van der Waals surface area contributed by atoms with E-state index < -0.39 is 5.54 Å². The van der Waals surface area contributed by atoms with Crippen molar-refractivity contribution in [2.24, 2.45) is 5.41 Å². The molecule has 0 spiro atoms. The molecule has 2 fully saturated rings. The van der Waals surface area contributed by atoms with Crippen LogP contribution in [0.15, 0.2) is 0 Å². The van der Waals surface area contributed by atoms with Crippen LogP contribution in [0.3, 0.4) is 0 Å². The lowest BCUT2D eigenvalue weighted by atomic mass is 9.88. The molecule has 1 N–H and O–H groups in total. The van der Waals surface area contributed by atoms with Gasteiger partial charge in [0.1, 0.15) is 11.6 Å². The van der Waals surface area contributed by atoms with Gasteiger partial charge in [0.25, 0.3) is 0 Å². The fourth-order valence-electron chi connectivity index (χ4n) is 3.64. The molecule has 2 aliphatic rings. The number of carbonyl (C=O) groups excluding carboxylic acids is 2. The van der Waals surface area contributed by atoms with Gasteiger partial charge in [0.15, 0.2) is 0 Å². The summed E-state index contributed by atoms with van der Waals surface area (Å²) in [7, 11) is 0. The molecule has 0 radical (unpaired) electrons. The Morgan fingerprint density at radius 1 is 1.25 bits per heavy atom. The van der Waals surface area contributed by atoms with E-state index in [-0.39, 0.29) is 29.3 Å². The second-order valence-electron chi connectivity index (χ2n) is 7.37. The van der Waals surface area contributed by atoms with Crippen LogP contribution < -0.4 is 5.32 Å². The molecule has 4 heteroatoms. The van der Waals surface area contributed by atoms with E-state index in [1.165, 1.54) is 0 Å². The second-order valence-corrected chi connectivity index (χ2v) is 7.37. The number of nitrogens with one attached hydrogen (secondary N) is 1. The monoisotopic (exact) mass is 280 g/mol. The molecule has 1 aliphatic heterocycles. The lowest BCUT2D eigenvalue weighted by molar-refractivity contribution is -0.157. The van der Waals surface area contributed by atoms with Gasteiger partial charge < -0.3 is 10.2 Å². The molecule has 4 nitrogen and oxygen atoms in total. The average Bonchev–Trinajstić information content (AvgIpc) is 2.73. The van der Waals surface area contributed by atoms with Crippen molar-refractivity contribution in [3.05, 3.63) is 0 Å². The highest BCUT2D eigenvalue weighted by atomic mass is 16.2. The zero-order valence-corrected chi connectivity index (χ0v) is 13.5. The van der Waals surface area contributed by atoms with Crippen LogP contribution in [-0.4, -0.2) is 34.3 Å². The predicted molar refractivity (Wildman–Crippen MR) is 79.2 cm³/mol. The minimum atomic E-state index is -0.727. The van der Waals surface area contributed by atoms with Crippen LogP contribution in [0.25, 0.3) is 0 Å². The number of hydrogen-bond donors (Lipinski definition) is 1. The molecular formula is C16H28N2O2. The molecule has 20 heavy (non-hydrogen) atoms. The van der Waals surface area contributed by atoms with Crippen molar-refractivity contribution in [1.29, 1.82) is 0 Å². The van der Waals surface area contributed by atoms with Gasteiger partial charge in [-0.3, -0.25) is 9.59 Å². The molecule has 0 aromatic heterocycles. The second kappa shape index (κ2) is 5.05. The van der Waals surface area contributed by atoms with E-state index in [0.29, 0.717) is 12.8 Å². The Morgan fingerprint density at radius 3 is 2.35 bits per heavy atom. The van der Waals surface area contributed by atoms with E-state index in [9.17, 15) is 9.59 Å². The Kier molecular flexibility index (Phi) is 3.87. The van der Waals surface area contributed by atoms with Crippen molar-refractivity contribution in [3.63, 3.8) is 0 Å². The summed E-state index contributed by atoms with van der Waals surface area (Å²) in [5.41, 5.74) is -0.449. The van der Waals surface area contributed by atoms with Crippen LogP contribution in [0.5, 0.6) is 0 Å². The normalized spacial score (nSPS) is 37.1. The number of hydrogen-bond acceptors (Lipinski definition) is 2. The molecule has 0 aromatic rings. The summed E-state index contributed by atoms with van der Waals surface area (Å²) < 4.78 is 0. The molecule has 1 heterocycles. The topological polar surface area (TPSA) is 49.4 Å². The van der Waals surface area contributed by atoms with Crippen LogP contribution >= 0.6 is 0 Å². The molecule has 0 bridgehead atoms. The van der Waals surface area contributed by atoms with Gasteiger partial charge in [-0.1, -0.05) is 27.7 Å². The first-order valence-electron chi connectivity index (χ1n) is 7.89. The van der Waals surface area contributed by atoms with Gasteiger partial charge in [0.2, 0.25) is 11.8 Å². The van der Waals surface area contributed by atoms with E-state index in [1.54, 1.807) is 0 Å². The standard InChI is InChI=1S/C16H28N2O2/c1-6-12-13(19)17-16(5,7-2)14(20)18(12)11-8-9-15(3,4)10-11/h11-12H,6-10H2,1-5H3,(H,17,19). The quantitative estimate of drug-likeness (QED) is 0.863. The molecule has 3 atom stereocenters. The molecule has 1 aliphatic carbocycles. The number of carbonyl (C=O) groups is 2. The Balaban J connectivity index is 2.30. The SMILES string of the molecule is CCC1C(=O)NC(C)(CC)C(=O)N1C1CCC(C)(C)C1. The van der Waals surface area contributed by atoms with E-state index >= 15 is 0 Å². The molecule has 3 unspecified atom stereocenters. The van der Waals surface area contributed by atoms with Gasteiger partial charge in [-0.2, -0.15) is 0 Å². The largest absolute Gasteiger partial charge is 0.340 e. The van der Waals surface area contributed by atoms with Crippen molar-refractivity contribution >= 4 is 11.8 Å². The predicted octanol–water partition coefficient (Wildman–Crippen LogP) is 2.47. The Hall–Kier alpha value is -1.06. The fraction of sp³-hybridized carbons (Fsp3) is 0.875. The Labute approximate surface area is 122 Å². The lowest BCUT2D eigenvalue weighted by Crippen LogP contribution is -2.70. The highest BCUT2D eigenvalue weighted by Crippen LogP contribution is 2.41. The summed E-state index contributed by atoms with van der Waals surface area (Å²) in [5, 5.41) is 2.94. The first kappa shape index (κ1) is 15.3. The minimum Gasteiger partial charge on any atom is -0.340 e. The Bertz CT molecular complexity index is 419. The zero-order valence-electron chi connectivity index (χ0n) is 13.5. The molecule has 1 saturated carbocycles. The first-order valence-corrected chi connectivity index (χ1v) is 7.89. The summed E-state index contributed by atoms with van der Waals surface area (Å²) in [6.45, 7) is 10.3. The molecule has 114 valence electrons. The van der Waals surface area contributed by atoms with Crippen molar-refractivity contribution in [2.45, 2.75) is 84.3 Å². The van der Waals surface area contributed by atoms with Crippen LogP contribution in [0.1, 0.15) is 66.7 Å². The molecule has 2 amide bonds. The van der Waals surface area contributed by atoms with Crippen molar-refractivity contribution < 1.29 is 9.59 Å². The summed E-state index contributed by atoms with van der Waals surface area (Å²) in [4.78, 5) is 27.2. The van der Waals surface area contributed by atoms with Crippen molar-refractivity contribution in [1.82, 2.24) is 10.2 Å². The van der Waals surface area contributed by atoms with E-state index in [0.717, 1.165) is 19.3 Å². The third kappa shape index (κ3) is 2.45. The summed E-state index contributed by atoms with van der Waals surface area (Å²) in [6, 6.07) is -0.0691. The molecule has 2 rings (SSSR count). The van der Waals surface area contributed by atoms with E-state index in [1.807, 2.05) is 25.7 Å². The van der Waals surface area contributed by atoms with Crippen molar-refractivity contribution in [3.8, 4) is 0 Å². The fourth-order valence-corrected chi connectivity index (χ4v) is 3.64. The van der Waals surface area contributed by atoms with E-state index in [2.05, 4.69) is 19.2 Å². The molecular weight excluding hydrogens is 252 g/mol. The van der Waals surface area contributed by atoms with Gasteiger partial charge in [0, 0.05) is 6.04 Å². The minimum absolute atomic E-state index is 0.0150. The molecule has 1 saturated heterocycles. The summed E-state index contributed by atoms with van der Waals surface area (Å²) >= 11 is 0. The highest BCUT2D eigenvalue weighted by molar-refractivity contribution is 5.99. The third-order valence-electron chi connectivity index (χ3n) is 5.17. The zero-order chi connectivity index (χ0) is 15.1. The third-order valence-corrected chi connectivity index (χ3v) is 5.17. The maximum Gasteiger partial charge on any atom is 0.248 e. The van der Waals surface area contributed by atoms with E-state index in [4.69, 9.17) is 0 Å². The van der Waals surface area contributed by atoms with Gasteiger partial charge in [-0.05, 0) is 44.4 Å². The molecule has 0 aromatic carbocycles. The van der Waals surface area contributed by atoms with Crippen molar-refractivity contribution in [2.75, 3.05) is 0 Å². The number of amides is 2. The van der Waals surface area contributed by atoms with Gasteiger partial charge in [-0.15, -0.1) is 0 Å². The van der Waals surface area contributed by atoms with Gasteiger partial charge >= 0.3 is 0 Å². The van der Waals surface area contributed by atoms with Crippen LogP contribution in [-0.2, 0) is 9.59 Å². The van der Waals surface area contributed by atoms with Gasteiger partial charge in [0.05, 0.1) is 0 Å². The maximum absolute atomic E-state index is 12.9. The summed E-state index contributed by atoms with van der Waals surface area (Å²) in [6.07, 6.45) is 4.47. The Morgan fingerprint density at radius 2 is 1.90 bits per heavy atom. The van der Waals surface area contributed by atoms with Crippen LogP contribution in [0.4, 0.5) is 0 Å². The first-order chi connectivity index (χ1) is 9.24. The highest BCUT2D eigenvalue weighted by Gasteiger charge is 2.50. The van der Waals surface area contributed by atoms with Crippen LogP contribution in [0, 0.1) is 5.41 Å². The number of rotatable bonds is 3. The number of piperazine rings is 1. The average molecular weight is 280 g/mol. The number of nitrogens with zero attached hydrogens (tertiary/aromatic N) is 1. The smallest absolute Gasteiger partial charge is 0.248 e. The lowest BCUT2D eigenvalue weighted by Gasteiger charge is -2.47.